The molecular weight excluding hydrogens is 364 g/mol. The summed E-state index contributed by atoms with van der Waals surface area (Å²) in [6.07, 6.45) is 8.16. The molecule has 29 heavy (non-hydrogen) atoms. The first kappa shape index (κ1) is 20.0. The number of nitrogens with zero attached hydrogens (tertiary/aromatic N) is 2. The number of rotatable bonds is 6. The summed E-state index contributed by atoms with van der Waals surface area (Å²) in [7, 11) is 1.70. The van der Waals surface area contributed by atoms with Crippen LogP contribution in [0.4, 0.5) is 0 Å². The molecule has 2 aliphatic rings. The molecule has 2 heterocycles. The minimum atomic E-state index is -0.0385. The van der Waals surface area contributed by atoms with E-state index in [0.717, 1.165) is 56.8 Å². The third kappa shape index (κ3) is 5.18. The van der Waals surface area contributed by atoms with Crippen LogP contribution in [-0.2, 0) is 6.54 Å². The number of ether oxygens (including phenoxy) is 1. The Bertz CT molecular complexity index is 813. The van der Waals surface area contributed by atoms with Gasteiger partial charge in [-0.15, -0.1) is 0 Å². The van der Waals surface area contributed by atoms with E-state index < -0.39 is 0 Å². The van der Waals surface area contributed by atoms with Crippen LogP contribution in [0, 0.1) is 0 Å². The standard InChI is InChI=1S/C23H32N4O2/c1-29-20-11-5-7-17(13-20)15-27-12-6-8-18(16-27)21-14-22(26-25-21)23(28)24-19-9-3-2-4-10-19/h5,7,11,13-14,18-19H,2-4,6,8-10,12,15-16H2,1H3,(H,24,28)(H,25,26)/t18-/m0/s1. The van der Waals surface area contributed by atoms with Gasteiger partial charge < -0.3 is 10.1 Å². The average molecular weight is 397 g/mol. The lowest BCUT2D eigenvalue weighted by Crippen LogP contribution is -2.36. The van der Waals surface area contributed by atoms with Gasteiger partial charge in [-0.05, 0) is 56.0 Å². The van der Waals surface area contributed by atoms with Gasteiger partial charge in [-0.1, -0.05) is 31.4 Å². The van der Waals surface area contributed by atoms with Crippen LogP contribution in [0.1, 0.15) is 72.6 Å². The number of hydrogen-bond donors (Lipinski definition) is 2. The van der Waals surface area contributed by atoms with Crippen LogP contribution in [0.15, 0.2) is 30.3 Å². The fraction of sp³-hybridized carbons (Fsp3) is 0.565. The molecule has 0 radical (unpaired) electrons. The Labute approximate surface area is 173 Å². The highest BCUT2D eigenvalue weighted by Gasteiger charge is 2.25. The number of aromatic amines is 1. The fourth-order valence-corrected chi connectivity index (χ4v) is 4.65. The van der Waals surface area contributed by atoms with Gasteiger partial charge >= 0.3 is 0 Å². The summed E-state index contributed by atoms with van der Waals surface area (Å²) >= 11 is 0. The Morgan fingerprint density at radius 2 is 2.07 bits per heavy atom. The van der Waals surface area contributed by atoms with E-state index >= 15 is 0 Å². The monoisotopic (exact) mass is 396 g/mol. The Morgan fingerprint density at radius 3 is 2.90 bits per heavy atom. The van der Waals surface area contributed by atoms with Gasteiger partial charge in [-0.2, -0.15) is 5.10 Å². The molecule has 1 amide bonds. The quantitative estimate of drug-likeness (QED) is 0.778. The van der Waals surface area contributed by atoms with E-state index in [1.165, 1.54) is 24.8 Å². The van der Waals surface area contributed by atoms with E-state index in [4.69, 9.17) is 4.74 Å². The average Bonchev–Trinajstić information content (AvgIpc) is 3.25. The van der Waals surface area contributed by atoms with Crippen LogP contribution in [-0.4, -0.2) is 47.2 Å². The molecule has 0 unspecified atom stereocenters. The van der Waals surface area contributed by atoms with E-state index in [9.17, 15) is 4.79 Å². The summed E-state index contributed by atoms with van der Waals surface area (Å²) in [6.45, 7) is 2.98. The molecule has 0 bridgehead atoms. The Balaban J connectivity index is 1.35. The highest BCUT2D eigenvalue weighted by molar-refractivity contribution is 5.92. The smallest absolute Gasteiger partial charge is 0.271 e. The zero-order chi connectivity index (χ0) is 20.1. The van der Waals surface area contributed by atoms with Crippen LogP contribution in [0.2, 0.25) is 0 Å². The zero-order valence-corrected chi connectivity index (χ0v) is 17.3. The van der Waals surface area contributed by atoms with Crippen LogP contribution >= 0.6 is 0 Å². The molecule has 2 fully saturated rings. The minimum Gasteiger partial charge on any atom is -0.497 e. The van der Waals surface area contributed by atoms with Gasteiger partial charge in [-0.25, -0.2) is 0 Å². The van der Waals surface area contributed by atoms with Crippen molar-refractivity contribution in [2.45, 2.75) is 63.5 Å². The van der Waals surface area contributed by atoms with E-state index in [1.54, 1.807) is 7.11 Å². The molecular formula is C23H32N4O2. The number of carbonyl (C=O) groups excluding carboxylic acids is 1. The molecule has 1 aliphatic heterocycles. The topological polar surface area (TPSA) is 70.2 Å². The number of piperidine rings is 1. The van der Waals surface area contributed by atoms with Crippen molar-refractivity contribution in [1.29, 1.82) is 0 Å². The van der Waals surface area contributed by atoms with E-state index in [1.807, 2.05) is 18.2 Å². The molecule has 2 aromatic rings. The maximum absolute atomic E-state index is 12.6. The van der Waals surface area contributed by atoms with Crippen LogP contribution < -0.4 is 10.1 Å². The Kier molecular flexibility index (Phi) is 6.49. The first-order valence-corrected chi connectivity index (χ1v) is 10.9. The van der Waals surface area contributed by atoms with Crippen molar-refractivity contribution in [3.63, 3.8) is 0 Å². The molecule has 1 aromatic heterocycles. The largest absolute Gasteiger partial charge is 0.497 e. The molecule has 1 saturated carbocycles. The first-order chi connectivity index (χ1) is 14.2. The van der Waals surface area contributed by atoms with Gasteiger partial charge in [0.05, 0.1) is 7.11 Å². The zero-order valence-electron chi connectivity index (χ0n) is 17.3. The number of H-pyrrole nitrogens is 1. The number of likely N-dealkylation sites (tertiary alicyclic amines) is 1. The maximum atomic E-state index is 12.6. The summed E-state index contributed by atoms with van der Waals surface area (Å²) in [5, 5.41) is 10.6. The third-order valence-corrected chi connectivity index (χ3v) is 6.26. The number of nitrogens with one attached hydrogen (secondary N) is 2. The number of hydrogen-bond acceptors (Lipinski definition) is 4. The summed E-state index contributed by atoms with van der Waals surface area (Å²) < 4.78 is 5.34. The molecule has 6 heteroatoms. The van der Waals surface area contributed by atoms with Crippen molar-refractivity contribution in [3.05, 3.63) is 47.3 Å². The lowest BCUT2D eigenvalue weighted by atomic mass is 9.94. The molecule has 4 rings (SSSR count). The molecule has 0 spiro atoms. The van der Waals surface area contributed by atoms with Crippen LogP contribution in [0.5, 0.6) is 5.75 Å². The highest BCUT2D eigenvalue weighted by Crippen LogP contribution is 2.27. The number of aromatic nitrogens is 2. The molecule has 6 nitrogen and oxygen atoms in total. The van der Waals surface area contributed by atoms with Crippen molar-refractivity contribution < 1.29 is 9.53 Å². The van der Waals surface area contributed by atoms with Crippen molar-refractivity contribution >= 4 is 5.91 Å². The SMILES string of the molecule is COc1cccc(CN2CCC[C@H](c3cc(C(=O)NC4CCCCC4)n[nH]3)C2)c1. The lowest BCUT2D eigenvalue weighted by Gasteiger charge is -2.32. The normalized spacial score (nSPS) is 21.1. The van der Waals surface area contributed by atoms with E-state index in [2.05, 4.69) is 32.5 Å². The second kappa shape index (κ2) is 9.44. The van der Waals surface area contributed by atoms with Crippen molar-refractivity contribution in [1.82, 2.24) is 20.4 Å². The minimum absolute atomic E-state index is 0.0385. The molecule has 1 atom stereocenters. The Hall–Kier alpha value is -2.34. The molecule has 156 valence electrons. The van der Waals surface area contributed by atoms with E-state index in [-0.39, 0.29) is 5.91 Å². The molecule has 2 N–H and O–H groups in total. The summed E-state index contributed by atoms with van der Waals surface area (Å²) in [5.74, 6) is 1.25. The van der Waals surface area contributed by atoms with Crippen molar-refractivity contribution in [3.8, 4) is 5.75 Å². The number of methoxy groups -OCH3 is 1. The van der Waals surface area contributed by atoms with Gasteiger partial charge in [-0.3, -0.25) is 14.8 Å². The second-order valence-corrected chi connectivity index (χ2v) is 8.44. The Morgan fingerprint density at radius 1 is 1.21 bits per heavy atom. The van der Waals surface area contributed by atoms with Crippen molar-refractivity contribution in [2.75, 3.05) is 20.2 Å². The molecule has 1 saturated heterocycles. The van der Waals surface area contributed by atoms with Gasteiger partial charge in [0.15, 0.2) is 0 Å². The molecule has 1 aliphatic carbocycles. The molecule has 1 aromatic carbocycles. The third-order valence-electron chi connectivity index (χ3n) is 6.26. The first-order valence-electron chi connectivity index (χ1n) is 10.9. The van der Waals surface area contributed by atoms with Crippen molar-refractivity contribution in [2.24, 2.45) is 0 Å². The number of carbonyl (C=O) groups is 1. The second-order valence-electron chi connectivity index (χ2n) is 8.44. The number of amides is 1. The lowest BCUT2D eigenvalue weighted by molar-refractivity contribution is 0.0922. The predicted octanol–water partition coefficient (Wildman–Crippen LogP) is 3.86. The van der Waals surface area contributed by atoms with Gasteiger partial charge in [0, 0.05) is 30.7 Å². The van der Waals surface area contributed by atoms with Gasteiger partial charge in [0.1, 0.15) is 11.4 Å². The summed E-state index contributed by atoms with van der Waals surface area (Å²) in [5.41, 5.74) is 2.87. The van der Waals surface area contributed by atoms with Crippen LogP contribution in [0.25, 0.3) is 0 Å². The number of benzene rings is 1. The predicted molar refractivity (Wildman–Crippen MR) is 113 cm³/mol. The fourth-order valence-electron chi connectivity index (χ4n) is 4.65. The van der Waals surface area contributed by atoms with Gasteiger partial charge in [0.25, 0.3) is 5.91 Å². The highest BCUT2D eigenvalue weighted by atomic mass is 16.5. The summed E-state index contributed by atoms with van der Waals surface area (Å²) in [4.78, 5) is 15.0. The van der Waals surface area contributed by atoms with Crippen LogP contribution in [0.3, 0.4) is 0 Å². The summed E-state index contributed by atoms with van der Waals surface area (Å²) in [6, 6.07) is 10.5. The van der Waals surface area contributed by atoms with E-state index in [0.29, 0.717) is 17.7 Å². The van der Waals surface area contributed by atoms with Gasteiger partial charge in [0.2, 0.25) is 0 Å². The maximum Gasteiger partial charge on any atom is 0.271 e.